The van der Waals surface area contributed by atoms with E-state index in [4.69, 9.17) is 11.6 Å². The van der Waals surface area contributed by atoms with Crippen molar-refractivity contribution in [1.82, 2.24) is 4.98 Å². The monoisotopic (exact) mass is 436 g/mol. The van der Waals surface area contributed by atoms with E-state index < -0.39 is 11.7 Å². The number of ketones is 1. The molecule has 1 aliphatic heterocycles. The van der Waals surface area contributed by atoms with Crippen LogP contribution in [0.1, 0.15) is 34.9 Å². The lowest BCUT2D eigenvalue weighted by atomic mass is 9.98. The summed E-state index contributed by atoms with van der Waals surface area (Å²) in [6, 6.07) is 13.0. The molecule has 0 fully saturated rings. The van der Waals surface area contributed by atoms with Crippen LogP contribution in [0, 0.1) is 25.2 Å². The number of fused-ring (bicyclic) bond motifs is 1. The third-order valence-electron chi connectivity index (χ3n) is 4.91. The van der Waals surface area contributed by atoms with E-state index >= 15 is 0 Å². The molecule has 30 heavy (non-hydrogen) atoms. The number of carbonyl (C=O) groups is 2. The number of hydrogen-bond donors (Lipinski definition) is 0. The molecular formula is C22H17ClN4O2S. The molecule has 3 aromatic rings. The van der Waals surface area contributed by atoms with Gasteiger partial charge in [-0.05, 0) is 49.2 Å². The number of amides is 1. The van der Waals surface area contributed by atoms with Crippen LogP contribution < -0.4 is 5.01 Å². The van der Waals surface area contributed by atoms with E-state index in [0.29, 0.717) is 21.2 Å². The maximum absolute atomic E-state index is 13.2. The standard InChI is InChI=1S/C22H17ClN4O2S/c1-12-3-4-13(2)18(9-12)27-20(28)8-6-16(26-27)21(29)15(11-24)22-25-17-10-14(23)5-7-19(17)30-22/h3-5,7,9-10,15H,6,8H2,1-2H3. The van der Waals surface area contributed by atoms with Crippen LogP contribution in [-0.2, 0) is 9.59 Å². The van der Waals surface area contributed by atoms with E-state index in [9.17, 15) is 14.9 Å². The Bertz CT molecular complexity index is 1260. The molecule has 0 radical (unpaired) electrons. The quantitative estimate of drug-likeness (QED) is 0.580. The van der Waals surface area contributed by atoms with Crippen molar-refractivity contribution in [1.29, 1.82) is 5.26 Å². The second-order valence-corrected chi connectivity index (χ2v) is 8.63. The first-order valence-corrected chi connectivity index (χ1v) is 10.5. The van der Waals surface area contributed by atoms with E-state index in [1.165, 1.54) is 16.3 Å². The van der Waals surface area contributed by atoms with E-state index in [0.717, 1.165) is 15.8 Å². The molecule has 0 aliphatic carbocycles. The summed E-state index contributed by atoms with van der Waals surface area (Å²) in [5, 5.41) is 16.3. The van der Waals surface area contributed by atoms with Gasteiger partial charge < -0.3 is 0 Å². The highest BCUT2D eigenvalue weighted by molar-refractivity contribution is 7.18. The Morgan fingerprint density at radius 2 is 2.03 bits per heavy atom. The molecule has 1 unspecified atom stereocenters. The Balaban J connectivity index is 1.70. The third kappa shape index (κ3) is 3.72. The smallest absolute Gasteiger partial charge is 0.247 e. The van der Waals surface area contributed by atoms with Crippen LogP contribution in [0.15, 0.2) is 41.5 Å². The molecule has 0 saturated heterocycles. The maximum Gasteiger partial charge on any atom is 0.247 e. The lowest BCUT2D eigenvalue weighted by Gasteiger charge is -2.25. The van der Waals surface area contributed by atoms with Crippen molar-refractivity contribution in [3.8, 4) is 6.07 Å². The molecule has 6 nitrogen and oxygen atoms in total. The minimum Gasteiger partial charge on any atom is -0.291 e. The Morgan fingerprint density at radius 3 is 2.80 bits per heavy atom. The van der Waals surface area contributed by atoms with Crippen LogP contribution in [0.5, 0.6) is 0 Å². The van der Waals surface area contributed by atoms with Crippen molar-refractivity contribution in [2.75, 3.05) is 5.01 Å². The summed E-state index contributed by atoms with van der Waals surface area (Å²) >= 11 is 7.30. The average Bonchev–Trinajstić information content (AvgIpc) is 3.13. The summed E-state index contributed by atoms with van der Waals surface area (Å²) in [5.74, 6) is -1.68. The van der Waals surface area contributed by atoms with Gasteiger partial charge in [0.1, 0.15) is 10.7 Å². The van der Waals surface area contributed by atoms with Gasteiger partial charge in [0, 0.05) is 17.9 Å². The lowest BCUT2D eigenvalue weighted by molar-refractivity contribution is -0.118. The van der Waals surface area contributed by atoms with Gasteiger partial charge in [-0.25, -0.2) is 9.99 Å². The zero-order chi connectivity index (χ0) is 21.4. The molecule has 1 atom stereocenters. The normalized spacial score (nSPS) is 15.1. The van der Waals surface area contributed by atoms with Crippen molar-refractivity contribution in [3.63, 3.8) is 0 Å². The number of thiazole rings is 1. The zero-order valence-electron chi connectivity index (χ0n) is 16.3. The molecule has 1 aromatic heterocycles. The second kappa shape index (κ2) is 7.98. The summed E-state index contributed by atoms with van der Waals surface area (Å²) in [7, 11) is 0. The molecule has 1 amide bonds. The van der Waals surface area contributed by atoms with Crippen LogP contribution in [0.2, 0.25) is 5.02 Å². The Kier molecular flexibility index (Phi) is 5.37. The van der Waals surface area contributed by atoms with Crippen molar-refractivity contribution in [2.24, 2.45) is 5.10 Å². The number of nitrogens with zero attached hydrogens (tertiary/aromatic N) is 4. The number of Topliss-reactive ketones (excluding diaryl/α,β-unsaturated/α-hetero) is 1. The van der Waals surface area contributed by atoms with Crippen LogP contribution in [0.25, 0.3) is 10.2 Å². The fraction of sp³-hybridized carbons (Fsp3) is 0.227. The molecule has 2 heterocycles. The van der Waals surface area contributed by atoms with E-state index in [-0.39, 0.29) is 24.5 Å². The molecule has 150 valence electrons. The number of aryl methyl sites for hydroxylation is 2. The van der Waals surface area contributed by atoms with Gasteiger partial charge in [0.25, 0.3) is 0 Å². The fourth-order valence-corrected chi connectivity index (χ4v) is 4.46. The molecule has 0 N–H and O–H groups in total. The number of carbonyl (C=O) groups excluding carboxylic acids is 2. The number of anilines is 1. The topological polar surface area (TPSA) is 86.4 Å². The number of rotatable bonds is 4. The summed E-state index contributed by atoms with van der Waals surface area (Å²) in [5.41, 5.74) is 3.37. The average molecular weight is 437 g/mol. The predicted octanol–water partition coefficient (Wildman–Crippen LogP) is 4.93. The van der Waals surface area contributed by atoms with Crippen LogP contribution >= 0.6 is 22.9 Å². The van der Waals surface area contributed by atoms with Crippen LogP contribution in [0.3, 0.4) is 0 Å². The van der Waals surface area contributed by atoms with E-state index in [1.54, 1.807) is 12.1 Å². The molecule has 4 rings (SSSR count). The summed E-state index contributed by atoms with van der Waals surface area (Å²) < 4.78 is 0.847. The number of hydrazone groups is 1. The number of aromatic nitrogens is 1. The Hall–Kier alpha value is -3.08. The maximum atomic E-state index is 13.2. The first-order valence-electron chi connectivity index (χ1n) is 9.35. The zero-order valence-corrected chi connectivity index (χ0v) is 17.9. The van der Waals surface area contributed by atoms with Gasteiger partial charge in [0.15, 0.2) is 5.92 Å². The number of benzene rings is 2. The SMILES string of the molecule is Cc1ccc(C)c(N2N=C(C(=O)C(C#N)c3nc4cc(Cl)ccc4s3)CCC2=O)c1. The van der Waals surface area contributed by atoms with E-state index in [1.807, 2.05) is 38.1 Å². The number of hydrogen-bond acceptors (Lipinski definition) is 6. The highest BCUT2D eigenvalue weighted by Crippen LogP contribution is 2.31. The second-order valence-electron chi connectivity index (χ2n) is 7.13. The van der Waals surface area contributed by atoms with Gasteiger partial charge in [-0.3, -0.25) is 9.59 Å². The highest BCUT2D eigenvalue weighted by Gasteiger charge is 2.33. The highest BCUT2D eigenvalue weighted by atomic mass is 35.5. The number of halogens is 1. The molecule has 8 heteroatoms. The summed E-state index contributed by atoms with van der Waals surface area (Å²) in [6.07, 6.45) is 0.361. The molecule has 0 spiro atoms. The van der Waals surface area contributed by atoms with Crippen molar-refractivity contribution in [2.45, 2.75) is 32.6 Å². The molecule has 0 bridgehead atoms. The fourth-order valence-electron chi connectivity index (χ4n) is 3.30. The Morgan fingerprint density at radius 1 is 1.23 bits per heavy atom. The van der Waals surface area contributed by atoms with E-state index in [2.05, 4.69) is 16.2 Å². The third-order valence-corrected chi connectivity index (χ3v) is 6.25. The van der Waals surface area contributed by atoms with Gasteiger partial charge in [0.2, 0.25) is 11.7 Å². The summed E-state index contributed by atoms with van der Waals surface area (Å²) in [6.45, 7) is 3.82. The van der Waals surface area contributed by atoms with Gasteiger partial charge in [0.05, 0.1) is 22.0 Å². The van der Waals surface area contributed by atoms with Crippen LogP contribution in [-0.4, -0.2) is 22.4 Å². The molecule has 2 aromatic carbocycles. The first kappa shape index (κ1) is 20.2. The first-order chi connectivity index (χ1) is 14.4. The minimum atomic E-state index is -1.08. The van der Waals surface area contributed by atoms with Crippen molar-refractivity contribution >= 4 is 56.2 Å². The van der Waals surface area contributed by atoms with Gasteiger partial charge in [-0.1, -0.05) is 23.7 Å². The molecule has 1 aliphatic rings. The lowest BCUT2D eigenvalue weighted by Crippen LogP contribution is -2.36. The Labute approximate surface area is 182 Å². The summed E-state index contributed by atoms with van der Waals surface area (Å²) in [4.78, 5) is 30.1. The van der Waals surface area contributed by atoms with Gasteiger partial charge in [-0.15, -0.1) is 11.3 Å². The molecule has 0 saturated carbocycles. The van der Waals surface area contributed by atoms with Gasteiger partial charge >= 0.3 is 0 Å². The predicted molar refractivity (Wildman–Crippen MR) is 118 cm³/mol. The number of nitriles is 1. The largest absolute Gasteiger partial charge is 0.291 e. The minimum absolute atomic E-state index is 0.158. The van der Waals surface area contributed by atoms with Crippen molar-refractivity contribution in [3.05, 3.63) is 57.6 Å². The van der Waals surface area contributed by atoms with Crippen LogP contribution in [0.4, 0.5) is 5.69 Å². The van der Waals surface area contributed by atoms with Crippen molar-refractivity contribution < 1.29 is 9.59 Å². The molecular weight excluding hydrogens is 420 g/mol. The van der Waals surface area contributed by atoms with Gasteiger partial charge in [-0.2, -0.15) is 10.4 Å².